The van der Waals surface area contributed by atoms with Gasteiger partial charge in [-0.3, -0.25) is 14.5 Å². The molecule has 2 aromatic carbocycles. The first-order valence-corrected chi connectivity index (χ1v) is 8.91. The zero-order chi connectivity index (χ0) is 19.6. The van der Waals surface area contributed by atoms with Gasteiger partial charge in [0.15, 0.2) is 0 Å². The summed E-state index contributed by atoms with van der Waals surface area (Å²) in [7, 11) is 0. The van der Waals surface area contributed by atoms with Crippen molar-refractivity contribution >= 4 is 35.0 Å². The van der Waals surface area contributed by atoms with E-state index in [4.69, 9.17) is 0 Å². The third-order valence-electron chi connectivity index (χ3n) is 3.96. The molecule has 0 saturated carbocycles. The molecule has 2 amide bonds. The van der Waals surface area contributed by atoms with E-state index in [2.05, 4.69) is 5.32 Å². The number of anilines is 2. The molecule has 4 nitrogen and oxygen atoms in total. The first-order valence-electron chi connectivity index (χ1n) is 7.92. The molecule has 0 aromatic heterocycles. The van der Waals surface area contributed by atoms with Crippen LogP contribution in [0.2, 0.25) is 0 Å². The van der Waals surface area contributed by atoms with Crippen molar-refractivity contribution in [1.29, 1.82) is 0 Å². The molecule has 1 heterocycles. The average molecular weight is 398 g/mol. The van der Waals surface area contributed by atoms with E-state index in [9.17, 15) is 27.2 Å². The third kappa shape index (κ3) is 4.24. The molecular weight excluding hydrogens is 384 g/mol. The number of carbonyl (C=O) groups excluding carboxylic acids is 2. The van der Waals surface area contributed by atoms with E-state index in [-0.39, 0.29) is 16.3 Å². The van der Waals surface area contributed by atoms with Gasteiger partial charge < -0.3 is 5.32 Å². The molecule has 0 saturated heterocycles. The number of nitrogens with one attached hydrogen (secondary N) is 1. The number of fused-ring (bicyclic) bond motifs is 1. The second-order valence-corrected chi connectivity index (χ2v) is 6.83. The third-order valence-corrected chi connectivity index (χ3v) is 5.00. The number of halogens is 4. The Morgan fingerprint density at radius 3 is 2.52 bits per heavy atom. The van der Waals surface area contributed by atoms with Gasteiger partial charge in [0.1, 0.15) is 11.9 Å². The van der Waals surface area contributed by atoms with Gasteiger partial charge >= 0.3 is 6.18 Å². The molecule has 142 valence electrons. The summed E-state index contributed by atoms with van der Waals surface area (Å²) in [6.45, 7) is 0. The van der Waals surface area contributed by atoms with E-state index in [0.717, 1.165) is 11.8 Å². The average Bonchev–Trinajstić information content (AvgIpc) is 2.76. The fourth-order valence-corrected chi connectivity index (χ4v) is 3.57. The minimum absolute atomic E-state index is 0.0372. The molecule has 1 aliphatic heterocycles. The molecule has 1 atom stereocenters. The number of thioether (sulfide) groups is 1. The van der Waals surface area contributed by atoms with Crippen LogP contribution in [0.15, 0.2) is 53.4 Å². The van der Waals surface area contributed by atoms with Crippen molar-refractivity contribution in [2.45, 2.75) is 23.5 Å². The molecule has 0 aliphatic carbocycles. The van der Waals surface area contributed by atoms with E-state index in [0.29, 0.717) is 4.90 Å². The van der Waals surface area contributed by atoms with Crippen molar-refractivity contribution in [3.8, 4) is 0 Å². The minimum atomic E-state index is -4.80. The van der Waals surface area contributed by atoms with Gasteiger partial charge in [0.2, 0.25) is 11.8 Å². The summed E-state index contributed by atoms with van der Waals surface area (Å²) in [5.74, 6) is -2.66. The molecule has 0 radical (unpaired) electrons. The second-order valence-electron chi connectivity index (χ2n) is 5.81. The maximum atomic E-state index is 13.7. The van der Waals surface area contributed by atoms with Gasteiger partial charge in [-0.05, 0) is 24.3 Å². The van der Waals surface area contributed by atoms with Crippen LogP contribution in [0.25, 0.3) is 0 Å². The van der Waals surface area contributed by atoms with Crippen molar-refractivity contribution in [3.05, 3.63) is 54.3 Å². The van der Waals surface area contributed by atoms with Gasteiger partial charge in [0, 0.05) is 4.90 Å². The zero-order valence-electron chi connectivity index (χ0n) is 13.8. The van der Waals surface area contributed by atoms with Crippen LogP contribution < -0.4 is 10.2 Å². The van der Waals surface area contributed by atoms with Crippen LogP contribution in [0.1, 0.15) is 6.42 Å². The predicted molar refractivity (Wildman–Crippen MR) is 94.1 cm³/mol. The highest BCUT2D eigenvalue weighted by Crippen LogP contribution is 2.38. The quantitative estimate of drug-likeness (QED) is 0.622. The van der Waals surface area contributed by atoms with Gasteiger partial charge in [-0.15, -0.1) is 11.8 Å². The highest BCUT2D eigenvalue weighted by molar-refractivity contribution is 8.00. The number of amides is 2. The second kappa shape index (κ2) is 7.59. The van der Waals surface area contributed by atoms with E-state index < -0.39 is 42.0 Å². The Bertz CT molecular complexity index is 872. The number of benzene rings is 2. The van der Waals surface area contributed by atoms with Crippen molar-refractivity contribution in [3.63, 3.8) is 0 Å². The summed E-state index contributed by atoms with van der Waals surface area (Å²) in [5, 5.41) is 2.39. The molecule has 3 rings (SSSR count). The van der Waals surface area contributed by atoms with Crippen LogP contribution in [0.5, 0.6) is 0 Å². The lowest BCUT2D eigenvalue weighted by molar-refractivity contribution is -0.157. The van der Waals surface area contributed by atoms with Crippen molar-refractivity contribution in [2.75, 3.05) is 16.0 Å². The molecular formula is C18H14F4N2O2S. The van der Waals surface area contributed by atoms with Crippen molar-refractivity contribution in [2.24, 2.45) is 0 Å². The number of rotatable bonds is 3. The van der Waals surface area contributed by atoms with Crippen LogP contribution >= 0.6 is 11.8 Å². The van der Waals surface area contributed by atoms with E-state index in [1.165, 1.54) is 36.4 Å². The maximum Gasteiger partial charge on any atom is 0.409 e. The van der Waals surface area contributed by atoms with Crippen molar-refractivity contribution in [1.82, 2.24) is 0 Å². The van der Waals surface area contributed by atoms with Gasteiger partial charge in [0.05, 0.1) is 23.5 Å². The Hall–Kier alpha value is -2.55. The fraction of sp³-hybridized carbons (Fsp3) is 0.222. The largest absolute Gasteiger partial charge is 0.409 e. The lowest BCUT2D eigenvalue weighted by Gasteiger charge is -2.31. The fourth-order valence-electron chi connectivity index (χ4n) is 2.77. The molecule has 0 bridgehead atoms. The van der Waals surface area contributed by atoms with Crippen LogP contribution in [0, 0.1) is 5.82 Å². The monoisotopic (exact) mass is 398 g/mol. The first kappa shape index (κ1) is 19.2. The van der Waals surface area contributed by atoms with Crippen LogP contribution in [-0.2, 0) is 9.59 Å². The number of hydrogen-bond acceptors (Lipinski definition) is 3. The van der Waals surface area contributed by atoms with Crippen molar-refractivity contribution < 1.29 is 27.2 Å². The number of carbonyl (C=O) groups is 2. The van der Waals surface area contributed by atoms with Gasteiger partial charge in [-0.25, -0.2) is 4.39 Å². The Labute approximate surface area is 156 Å². The standard InChI is InChI=1S/C18H14F4N2O2S/c19-11-5-1-4-8-14(11)27-10-17(26)24-13-7-3-2-6-12(13)23-16(25)9-15(24)18(20,21)22/h1-8,15H,9-10H2,(H,23,25). The topological polar surface area (TPSA) is 49.4 Å². The number of nitrogens with zero attached hydrogens (tertiary/aromatic N) is 1. The predicted octanol–water partition coefficient (Wildman–Crippen LogP) is 4.22. The first-order chi connectivity index (χ1) is 12.8. The Morgan fingerprint density at radius 2 is 1.81 bits per heavy atom. The van der Waals surface area contributed by atoms with E-state index in [1.807, 2.05) is 0 Å². The highest BCUT2D eigenvalue weighted by Gasteiger charge is 2.48. The Morgan fingerprint density at radius 1 is 1.15 bits per heavy atom. The smallest absolute Gasteiger partial charge is 0.324 e. The Kier molecular flexibility index (Phi) is 5.41. The normalized spacial score (nSPS) is 17.1. The van der Waals surface area contributed by atoms with Crippen LogP contribution in [-0.4, -0.2) is 29.8 Å². The summed E-state index contributed by atoms with van der Waals surface area (Å²) in [6.07, 6.45) is -5.71. The SMILES string of the molecule is O=C1CC(C(F)(F)F)N(C(=O)CSc2ccccc2F)c2ccccc2N1. The van der Waals surface area contributed by atoms with Gasteiger partial charge in [-0.1, -0.05) is 24.3 Å². The molecule has 0 spiro atoms. The molecule has 1 unspecified atom stereocenters. The van der Waals surface area contributed by atoms with Crippen LogP contribution in [0.3, 0.4) is 0 Å². The Balaban J connectivity index is 1.94. The van der Waals surface area contributed by atoms with Crippen LogP contribution in [0.4, 0.5) is 28.9 Å². The summed E-state index contributed by atoms with van der Waals surface area (Å²) >= 11 is 0.805. The molecule has 1 aliphatic rings. The molecule has 27 heavy (non-hydrogen) atoms. The minimum Gasteiger partial charge on any atom is -0.324 e. The summed E-state index contributed by atoms with van der Waals surface area (Å²) in [4.78, 5) is 25.3. The summed E-state index contributed by atoms with van der Waals surface area (Å²) < 4.78 is 54.5. The van der Waals surface area contributed by atoms with E-state index in [1.54, 1.807) is 12.1 Å². The highest BCUT2D eigenvalue weighted by atomic mass is 32.2. The molecule has 1 N–H and O–H groups in total. The maximum absolute atomic E-state index is 13.7. The number of para-hydroxylation sites is 2. The van der Waals surface area contributed by atoms with E-state index >= 15 is 0 Å². The molecule has 0 fully saturated rings. The summed E-state index contributed by atoms with van der Waals surface area (Å²) in [6, 6.07) is 9.18. The molecule has 9 heteroatoms. The summed E-state index contributed by atoms with van der Waals surface area (Å²) in [5.41, 5.74) is 0.0864. The van der Waals surface area contributed by atoms with Gasteiger partial charge in [0.25, 0.3) is 0 Å². The number of alkyl halides is 3. The molecule has 2 aromatic rings. The number of hydrogen-bond donors (Lipinski definition) is 1. The lowest BCUT2D eigenvalue weighted by Crippen LogP contribution is -2.50. The lowest BCUT2D eigenvalue weighted by atomic mass is 10.1. The zero-order valence-corrected chi connectivity index (χ0v) is 14.6. The van der Waals surface area contributed by atoms with Gasteiger partial charge in [-0.2, -0.15) is 13.2 Å².